The summed E-state index contributed by atoms with van der Waals surface area (Å²) in [5.41, 5.74) is 2.27. The van der Waals surface area contributed by atoms with Crippen LogP contribution in [0.15, 0.2) is 23.2 Å². The minimum Gasteiger partial charge on any atom is -0.383 e. The number of anilines is 1. The van der Waals surface area contributed by atoms with Crippen molar-refractivity contribution in [1.29, 1.82) is 0 Å². The van der Waals surface area contributed by atoms with Gasteiger partial charge < -0.3 is 25.2 Å². The van der Waals surface area contributed by atoms with E-state index in [-0.39, 0.29) is 24.0 Å². The number of hydrogen-bond donors (Lipinski definition) is 2. The number of nitrogens with one attached hydrogen (secondary N) is 2. The predicted molar refractivity (Wildman–Crippen MR) is 121 cm³/mol. The Kier molecular flexibility index (Phi) is 11.3. The van der Waals surface area contributed by atoms with E-state index in [0.717, 1.165) is 55.8 Å². The lowest BCUT2D eigenvalue weighted by atomic mass is 10.1. The SMILES string of the molecule is CCNC(=NCc1c(Cl)cccc1N1CCN(C)CC1)NCCOC.I. The van der Waals surface area contributed by atoms with E-state index in [1.165, 1.54) is 5.69 Å². The summed E-state index contributed by atoms with van der Waals surface area (Å²) in [6, 6.07) is 6.11. The molecule has 26 heavy (non-hydrogen) atoms. The molecule has 0 aromatic heterocycles. The van der Waals surface area contributed by atoms with Gasteiger partial charge in [-0.3, -0.25) is 0 Å². The molecule has 2 N–H and O–H groups in total. The minimum atomic E-state index is 0. The molecule has 1 aromatic rings. The van der Waals surface area contributed by atoms with Gasteiger partial charge in [-0.15, -0.1) is 24.0 Å². The number of piperazine rings is 1. The second-order valence-electron chi connectivity index (χ2n) is 6.14. The average Bonchev–Trinajstić information content (AvgIpc) is 2.61. The van der Waals surface area contributed by atoms with Gasteiger partial charge in [0.15, 0.2) is 5.96 Å². The maximum absolute atomic E-state index is 6.50. The molecule has 0 unspecified atom stereocenters. The van der Waals surface area contributed by atoms with Crippen LogP contribution in [-0.2, 0) is 11.3 Å². The normalized spacial score (nSPS) is 15.5. The number of guanidine groups is 1. The van der Waals surface area contributed by atoms with Crippen molar-refractivity contribution in [3.8, 4) is 0 Å². The first-order valence-corrected chi connectivity index (χ1v) is 9.25. The van der Waals surface area contributed by atoms with Crippen LogP contribution in [0, 0.1) is 0 Å². The van der Waals surface area contributed by atoms with Crippen molar-refractivity contribution in [3.63, 3.8) is 0 Å². The highest BCUT2D eigenvalue weighted by atomic mass is 127. The molecule has 148 valence electrons. The molecular weight excluding hydrogens is 465 g/mol. The lowest BCUT2D eigenvalue weighted by molar-refractivity contribution is 0.203. The van der Waals surface area contributed by atoms with E-state index in [4.69, 9.17) is 21.3 Å². The zero-order valence-corrected chi connectivity index (χ0v) is 19.0. The Labute approximate surface area is 179 Å². The van der Waals surface area contributed by atoms with E-state index in [1.807, 2.05) is 12.1 Å². The summed E-state index contributed by atoms with van der Waals surface area (Å²) < 4.78 is 5.08. The van der Waals surface area contributed by atoms with E-state index < -0.39 is 0 Å². The van der Waals surface area contributed by atoms with Gasteiger partial charge >= 0.3 is 0 Å². The summed E-state index contributed by atoms with van der Waals surface area (Å²) in [4.78, 5) is 9.46. The zero-order valence-electron chi connectivity index (χ0n) is 15.9. The first-order valence-electron chi connectivity index (χ1n) is 8.87. The highest BCUT2D eigenvalue weighted by Gasteiger charge is 2.18. The molecular formula is C18H31ClIN5O. The van der Waals surface area contributed by atoms with Crippen LogP contribution in [0.25, 0.3) is 0 Å². The van der Waals surface area contributed by atoms with Gasteiger partial charge in [0.25, 0.3) is 0 Å². The maximum atomic E-state index is 6.50. The number of rotatable bonds is 7. The summed E-state index contributed by atoms with van der Waals surface area (Å²) in [5, 5.41) is 7.29. The number of benzene rings is 1. The maximum Gasteiger partial charge on any atom is 0.191 e. The van der Waals surface area contributed by atoms with Gasteiger partial charge in [0.2, 0.25) is 0 Å². The van der Waals surface area contributed by atoms with Crippen molar-refractivity contribution in [2.75, 3.05) is 64.9 Å². The molecule has 0 radical (unpaired) electrons. The smallest absolute Gasteiger partial charge is 0.191 e. The standard InChI is InChI=1S/C18H30ClN5O.HI/c1-4-20-18(21-8-13-25-3)22-14-15-16(19)6-5-7-17(15)24-11-9-23(2)10-12-24;/h5-7H,4,8-14H2,1-3H3,(H2,20,21,22);1H. The topological polar surface area (TPSA) is 52.1 Å². The molecule has 1 aromatic carbocycles. The monoisotopic (exact) mass is 495 g/mol. The molecule has 0 spiro atoms. The van der Waals surface area contributed by atoms with Crippen LogP contribution in [0.1, 0.15) is 12.5 Å². The van der Waals surface area contributed by atoms with Gasteiger partial charge in [0, 0.05) is 62.7 Å². The molecule has 1 saturated heterocycles. The predicted octanol–water partition coefficient (Wildman–Crippen LogP) is 2.41. The van der Waals surface area contributed by atoms with Crippen LogP contribution in [0.2, 0.25) is 5.02 Å². The molecule has 6 nitrogen and oxygen atoms in total. The van der Waals surface area contributed by atoms with Crippen LogP contribution < -0.4 is 15.5 Å². The van der Waals surface area contributed by atoms with Crippen molar-refractivity contribution in [2.24, 2.45) is 4.99 Å². The summed E-state index contributed by atoms with van der Waals surface area (Å²) in [6.07, 6.45) is 0. The molecule has 8 heteroatoms. The number of aliphatic imine (C=N–C) groups is 1. The quantitative estimate of drug-likeness (QED) is 0.263. The number of nitrogens with zero attached hydrogens (tertiary/aromatic N) is 3. The minimum absolute atomic E-state index is 0. The fourth-order valence-electron chi connectivity index (χ4n) is 2.82. The number of likely N-dealkylation sites (N-methyl/N-ethyl adjacent to an activating group) is 1. The van der Waals surface area contributed by atoms with E-state index in [0.29, 0.717) is 13.2 Å². The van der Waals surface area contributed by atoms with Gasteiger partial charge in [0.1, 0.15) is 0 Å². The first-order chi connectivity index (χ1) is 12.2. The van der Waals surface area contributed by atoms with E-state index in [9.17, 15) is 0 Å². The van der Waals surface area contributed by atoms with E-state index in [1.54, 1.807) is 7.11 Å². The number of ether oxygens (including phenoxy) is 1. The highest BCUT2D eigenvalue weighted by molar-refractivity contribution is 14.0. The van der Waals surface area contributed by atoms with E-state index in [2.05, 4.69) is 40.5 Å². The van der Waals surface area contributed by atoms with Gasteiger partial charge in [-0.25, -0.2) is 4.99 Å². The van der Waals surface area contributed by atoms with Crippen LogP contribution in [0.5, 0.6) is 0 Å². The third kappa shape index (κ3) is 7.09. The lowest BCUT2D eigenvalue weighted by Crippen LogP contribution is -2.44. The van der Waals surface area contributed by atoms with Crippen LogP contribution >= 0.6 is 35.6 Å². The van der Waals surface area contributed by atoms with E-state index >= 15 is 0 Å². The largest absolute Gasteiger partial charge is 0.383 e. The zero-order chi connectivity index (χ0) is 18.1. The average molecular weight is 496 g/mol. The Bertz CT molecular complexity index is 565. The fraction of sp³-hybridized carbons (Fsp3) is 0.611. The lowest BCUT2D eigenvalue weighted by Gasteiger charge is -2.35. The van der Waals surface area contributed by atoms with Crippen molar-refractivity contribution in [3.05, 3.63) is 28.8 Å². The Balaban J connectivity index is 0.00000338. The van der Waals surface area contributed by atoms with Crippen LogP contribution in [0.4, 0.5) is 5.69 Å². The van der Waals surface area contributed by atoms with Crippen LogP contribution in [0.3, 0.4) is 0 Å². The van der Waals surface area contributed by atoms with Crippen molar-refractivity contribution in [2.45, 2.75) is 13.5 Å². The van der Waals surface area contributed by atoms with Crippen molar-refractivity contribution >= 4 is 47.2 Å². The fourth-order valence-corrected chi connectivity index (χ4v) is 3.05. The Morgan fingerprint density at radius 1 is 1.23 bits per heavy atom. The second-order valence-corrected chi connectivity index (χ2v) is 6.55. The second kappa shape index (κ2) is 12.6. The molecule has 1 aliphatic rings. The van der Waals surface area contributed by atoms with Crippen LogP contribution in [-0.4, -0.2) is 70.9 Å². The third-order valence-electron chi connectivity index (χ3n) is 4.28. The Morgan fingerprint density at radius 2 is 1.96 bits per heavy atom. The number of halogens is 2. The molecule has 1 heterocycles. The third-order valence-corrected chi connectivity index (χ3v) is 4.63. The van der Waals surface area contributed by atoms with Gasteiger partial charge in [-0.1, -0.05) is 17.7 Å². The Hall–Kier alpha value is -0.770. The summed E-state index contributed by atoms with van der Waals surface area (Å²) >= 11 is 6.50. The Morgan fingerprint density at radius 3 is 2.62 bits per heavy atom. The molecule has 1 aliphatic heterocycles. The summed E-state index contributed by atoms with van der Waals surface area (Å²) in [6.45, 7) is 8.93. The molecule has 1 fully saturated rings. The number of methoxy groups -OCH3 is 1. The van der Waals surface area contributed by atoms with Crippen molar-refractivity contribution < 1.29 is 4.74 Å². The molecule has 0 atom stereocenters. The molecule has 2 rings (SSSR count). The number of hydrogen-bond acceptors (Lipinski definition) is 4. The summed E-state index contributed by atoms with van der Waals surface area (Å²) in [7, 11) is 3.85. The molecule has 0 aliphatic carbocycles. The molecule has 0 bridgehead atoms. The van der Waals surface area contributed by atoms with Crippen molar-refractivity contribution in [1.82, 2.24) is 15.5 Å². The molecule has 0 saturated carbocycles. The van der Waals surface area contributed by atoms with Gasteiger partial charge in [-0.05, 0) is 26.1 Å². The molecule has 0 amide bonds. The highest BCUT2D eigenvalue weighted by Crippen LogP contribution is 2.29. The van der Waals surface area contributed by atoms with Gasteiger partial charge in [0.05, 0.1) is 13.2 Å². The first kappa shape index (κ1) is 23.3. The summed E-state index contributed by atoms with van der Waals surface area (Å²) in [5.74, 6) is 0.781. The van der Waals surface area contributed by atoms with Gasteiger partial charge in [-0.2, -0.15) is 0 Å².